The van der Waals surface area contributed by atoms with Crippen LogP contribution in [0.5, 0.6) is 0 Å². The largest absolute Gasteiger partial charge is 0.490 e. The summed E-state index contributed by atoms with van der Waals surface area (Å²) in [4.78, 5) is 29.7. The van der Waals surface area contributed by atoms with Gasteiger partial charge in [-0.25, -0.2) is 9.78 Å². The number of aromatic nitrogens is 2. The first kappa shape index (κ1) is 31.2. The van der Waals surface area contributed by atoms with Gasteiger partial charge in [-0.05, 0) is 57.2 Å². The van der Waals surface area contributed by atoms with Crippen LogP contribution < -0.4 is 5.32 Å². The van der Waals surface area contributed by atoms with E-state index in [1.165, 1.54) is 0 Å². The van der Waals surface area contributed by atoms with Gasteiger partial charge in [-0.2, -0.15) is 13.2 Å². The minimum Gasteiger partial charge on any atom is -0.475 e. The Bertz CT molecular complexity index is 1490. The fourth-order valence-corrected chi connectivity index (χ4v) is 6.28. The molecule has 2 N–H and O–H groups in total. The molecule has 0 unspecified atom stereocenters. The number of alkyl halides is 3. The van der Waals surface area contributed by atoms with Crippen LogP contribution in [0, 0.1) is 6.92 Å². The zero-order valence-electron chi connectivity index (χ0n) is 23.3. The van der Waals surface area contributed by atoms with Crippen LogP contribution in [0.2, 0.25) is 0 Å². The van der Waals surface area contributed by atoms with Crippen LogP contribution in [0.15, 0.2) is 51.7 Å². The van der Waals surface area contributed by atoms with Crippen LogP contribution in [-0.2, 0) is 16.0 Å². The fraction of sp³-hybridized carbons (Fsp3) is 0.379. The highest BCUT2D eigenvalue weighted by Crippen LogP contribution is 2.38. The Hall–Kier alpha value is -3.71. The molecule has 1 fully saturated rings. The number of carboxylic acids is 1. The summed E-state index contributed by atoms with van der Waals surface area (Å²) in [6, 6.07) is 12.6. The zero-order chi connectivity index (χ0) is 30.4. The maximum absolute atomic E-state index is 12.7. The number of thiazole rings is 1. The number of aryl methyl sites for hydroxylation is 1. The second kappa shape index (κ2) is 13.5. The average molecular weight is 621 g/mol. The monoisotopic (exact) mass is 620 g/mol. The number of carbonyl (C=O) groups is 2. The van der Waals surface area contributed by atoms with Crippen molar-refractivity contribution in [1.29, 1.82) is 0 Å². The predicted molar refractivity (Wildman–Crippen MR) is 157 cm³/mol. The summed E-state index contributed by atoms with van der Waals surface area (Å²) in [5, 5.41) is 20.2. The Balaban J connectivity index is 0.000000517. The van der Waals surface area contributed by atoms with E-state index in [9.17, 15) is 18.0 Å². The Morgan fingerprint density at radius 3 is 2.50 bits per heavy atom. The van der Waals surface area contributed by atoms with Gasteiger partial charge in [0.1, 0.15) is 11.5 Å². The topological polar surface area (TPSA) is 109 Å². The van der Waals surface area contributed by atoms with Crippen LogP contribution in [-0.4, -0.2) is 57.3 Å². The molecule has 0 atom stereocenters. The number of anilines is 1. The van der Waals surface area contributed by atoms with Crippen molar-refractivity contribution in [3.8, 4) is 22.5 Å². The van der Waals surface area contributed by atoms with Gasteiger partial charge >= 0.3 is 12.1 Å². The molecule has 1 aliphatic rings. The van der Waals surface area contributed by atoms with Crippen LogP contribution in [0.4, 0.5) is 18.9 Å². The second-order valence-corrected chi connectivity index (χ2v) is 12.0. The van der Waals surface area contributed by atoms with Crippen molar-refractivity contribution in [2.24, 2.45) is 0 Å². The smallest absolute Gasteiger partial charge is 0.475 e. The molecule has 1 aliphatic heterocycles. The molecule has 0 radical (unpaired) electrons. The number of nitrogens with one attached hydrogen (secondary N) is 1. The number of aliphatic carboxylic acids is 1. The molecule has 5 rings (SSSR count). The number of amides is 1. The fourth-order valence-electron chi connectivity index (χ4n) is 4.60. The van der Waals surface area contributed by atoms with Crippen molar-refractivity contribution in [3.05, 3.63) is 62.8 Å². The van der Waals surface area contributed by atoms with E-state index in [1.807, 2.05) is 35.4 Å². The minimum atomic E-state index is -5.08. The van der Waals surface area contributed by atoms with Gasteiger partial charge in [0, 0.05) is 46.6 Å². The maximum atomic E-state index is 12.7. The lowest BCUT2D eigenvalue weighted by Crippen LogP contribution is -2.38. The van der Waals surface area contributed by atoms with Crippen molar-refractivity contribution in [2.45, 2.75) is 58.2 Å². The van der Waals surface area contributed by atoms with Gasteiger partial charge in [0.25, 0.3) is 0 Å². The summed E-state index contributed by atoms with van der Waals surface area (Å²) in [5.74, 6) is -1.38. The van der Waals surface area contributed by atoms with Crippen LogP contribution in [0.1, 0.15) is 48.3 Å². The maximum Gasteiger partial charge on any atom is 0.490 e. The Labute approximate surface area is 249 Å². The van der Waals surface area contributed by atoms with E-state index in [1.54, 1.807) is 22.7 Å². The number of benzene rings is 1. The highest BCUT2D eigenvalue weighted by atomic mass is 32.1. The second-order valence-electron chi connectivity index (χ2n) is 10.1. The van der Waals surface area contributed by atoms with Gasteiger partial charge in [0.2, 0.25) is 5.91 Å². The first-order valence-corrected chi connectivity index (χ1v) is 15.1. The Kier molecular flexibility index (Phi) is 10.0. The molecule has 1 amide bonds. The average Bonchev–Trinajstić information content (AvgIpc) is 3.70. The zero-order valence-corrected chi connectivity index (χ0v) is 24.9. The van der Waals surface area contributed by atoms with E-state index >= 15 is 0 Å². The molecule has 224 valence electrons. The van der Waals surface area contributed by atoms with Crippen molar-refractivity contribution in [3.63, 3.8) is 0 Å². The molecule has 0 spiro atoms. The van der Waals surface area contributed by atoms with Crippen LogP contribution in [0.25, 0.3) is 22.5 Å². The molecule has 8 nitrogen and oxygen atoms in total. The lowest BCUT2D eigenvalue weighted by Gasteiger charge is -2.31. The van der Waals surface area contributed by atoms with Crippen molar-refractivity contribution in [2.75, 3.05) is 18.4 Å². The van der Waals surface area contributed by atoms with E-state index in [-0.39, 0.29) is 5.91 Å². The molecule has 0 aliphatic carbocycles. The summed E-state index contributed by atoms with van der Waals surface area (Å²) >= 11 is 3.34. The molecule has 1 aromatic carbocycles. The molecule has 0 saturated carbocycles. The molecule has 3 aromatic heterocycles. The highest BCUT2D eigenvalue weighted by Gasteiger charge is 2.38. The van der Waals surface area contributed by atoms with Crippen LogP contribution in [0.3, 0.4) is 0 Å². The summed E-state index contributed by atoms with van der Waals surface area (Å²) in [6.45, 7) is 7.77. The minimum absolute atomic E-state index is 0.227. The summed E-state index contributed by atoms with van der Waals surface area (Å²) < 4.78 is 37.4. The van der Waals surface area contributed by atoms with Gasteiger partial charge in [0.05, 0.1) is 22.7 Å². The first-order valence-electron chi connectivity index (χ1n) is 13.3. The van der Waals surface area contributed by atoms with Crippen molar-refractivity contribution >= 4 is 40.2 Å². The van der Waals surface area contributed by atoms with E-state index in [2.05, 4.69) is 47.9 Å². The van der Waals surface area contributed by atoms with Gasteiger partial charge in [-0.3, -0.25) is 4.79 Å². The lowest BCUT2D eigenvalue weighted by molar-refractivity contribution is -0.192. The van der Waals surface area contributed by atoms with E-state index in [0.717, 1.165) is 69.8 Å². The van der Waals surface area contributed by atoms with Gasteiger partial charge < -0.3 is 19.8 Å². The number of carboxylic acid groups (broad SMARTS) is 1. The summed E-state index contributed by atoms with van der Waals surface area (Å²) in [6.07, 6.45) is -2.68. The molecule has 0 bridgehead atoms. The molecular weight excluding hydrogens is 589 g/mol. The molecule has 4 heterocycles. The SMILES string of the molecule is Cc1onc(-c2cccc(NC(C)C)c2)c1-c1csc(C2CCN(C(=O)Cc3cccs3)CC2)n1.O=C(O)C(F)(F)F. The third-order valence-corrected chi connectivity index (χ3v) is 8.46. The van der Waals surface area contributed by atoms with Gasteiger partial charge in [0.15, 0.2) is 0 Å². The Morgan fingerprint density at radius 2 is 1.88 bits per heavy atom. The molecule has 13 heteroatoms. The van der Waals surface area contributed by atoms with Gasteiger partial charge in [-0.15, -0.1) is 22.7 Å². The standard InChI is InChI=1S/C27H30N4O2S2.C2HF3O2/c1-17(2)28-21-7-4-6-20(14-21)26-25(18(3)33-30-26)23-16-35-27(29-23)19-9-11-31(12-10-19)24(32)15-22-8-5-13-34-22;3-2(4,5)1(6)7/h4-8,13-14,16-17,19,28H,9-12,15H2,1-3H3;(H,6,7). The van der Waals surface area contributed by atoms with Gasteiger partial charge in [-0.1, -0.05) is 23.4 Å². The normalized spacial score (nSPS) is 14.0. The number of rotatable bonds is 7. The van der Waals surface area contributed by atoms with E-state index in [4.69, 9.17) is 19.4 Å². The number of piperidine rings is 1. The van der Waals surface area contributed by atoms with Crippen molar-refractivity contribution in [1.82, 2.24) is 15.0 Å². The number of hydrogen-bond donors (Lipinski definition) is 2. The number of thiophene rings is 1. The summed E-state index contributed by atoms with van der Waals surface area (Å²) in [5.41, 5.74) is 4.76. The number of likely N-dealkylation sites (tertiary alicyclic amines) is 1. The van der Waals surface area contributed by atoms with Crippen molar-refractivity contribution < 1.29 is 32.4 Å². The van der Waals surface area contributed by atoms with Crippen LogP contribution >= 0.6 is 22.7 Å². The Morgan fingerprint density at radius 1 is 1.17 bits per heavy atom. The number of halogens is 3. The molecule has 1 saturated heterocycles. The number of carbonyl (C=O) groups excluding carboxylic acids is 1. The molecule has 42 heavy (non-hydrogen) atoms. The van der Waals surface area contributed by atoms with E-state index in [0.29, 0.717) is 18.4 Å². The molecule has 4 aromatic rings. The molecular formula is C29H31F3N4O4S2. The third-order valence-electron chi connectivity index (χ3n) is 6.58. The predicted octanol–water partition coefficient (Wildman–Crippen LogP) is 7.24. The highest BCUT2D eigenvalue weighted by molar-refractivity contribution is 7.10. The third kappa shape index (κ3) is 7.97. The number of nitrogens with zero attached hydrogens (tertiary/aromatic N) is 3. The quantitative estimate of drug-likeness (QED) is 0.224. The first-order chi connectivity index (χ1) is 19.9. The number of hydrogen-bond acceptors (Lipinski definition) is 8. The lowest BCUT2D eigenvalue weighted by atomic mass is 9.97. The van der Waals surface area contributed by atoms with E-state index < -0.39 is 12.1 Å². The summed E-state index contributed by atoms with van der Waals surface area (Å²) in [7, 11) is 0.